The van der Waals surface area contributed by atoms with E-state index >= 15 is 0 Å². The summed E-state index contributed by atoms with van der Waals surface area (Å²) in [6.07, 6.45) is 2.03. The van der Waals surface area contributed by atoms with Crippen LogP contribution in [0.2, 0.25) is 0 Å². The van der Waals surface area contributed by atoms with E-state index in [1.54, 1.807) is 31.4 Å². The summed E-state index contributed by atoms with van der Waals surface area (Å²) in [6.45, 7) is 0.220. The quantitative estimate of drug-likeness (QED) is 0.640. The summed E-state index contributed by atoms with van der Waals surface area (Å²) in [6, 6.07) is 7.74. The summed E-state index contributed by atoms with van der Waals surface area (Å²) >= 11 is 0. The molecule has 2 aliphatic heterocycles. The highest BCUT2D eigenvalue weighted by molar-refractivity contribution is 6.05. The molecule has 1 N–H and O–H groups in total. The molecular formula is C23H18F2N4O3. The van der Waals surface area contributed by atoms with Gasteiger partial charge in [-0.05, 0) is 47.9 Å². The number of carbonyl (C=O) groups is 3. The first kappa shape index (κ1) is 20.0. The van der Waals surface area contributed by atoms with Gasteiger partial charge in [-0.1, -0.05) is 6.07 Å². The average Bonchev–Trinajstić information content (AvgIpc) is 3.29. The highest BCUT2D eigenvalue weighted by Crippen LogP contribution is 2.36. The zero-order valence-electron chi connectivity index (χ0n) is 17.1. The van der Waals surface area contributed by atoms with E-state index in [-0.39, 0.29) is 36.8 Å². The van der Waals surface area contributed by atoms with Crippen molar-refractivity contribution in [2.75, 3.05) is 0 Å². The Balaban J connectivity index is 1.52. The maximum absolute atomic E-state index is 14.5. The van der Waals surface area contributed by atoms with Gasteiger partial charge in [-0.3, -0.25) is 24.4 Å². The predicted molar refractivity (Wildman–Crippen MR) is 110 cm³/mol. The van der Waals surface area contributed by atoms with Gasteiger partial charge in [0, 0.05) is 36.7 Å². The molecule has 1 fully saturated rings. The Labute approximate surface area is 181 Å². The number of hydrogen-bond acceptors (Lipinski definition) is 4. The lowest BCUT2D eigenvalue weighted by Gasteiger charge is -2.29. The molecular weight excluding hydrogens is 418 g/mol. The smallest absolute Gasteiger partial charge is 0.255 e. The van der Waals surface area contributed by atoms with E-state index in [1.165, 1.54) is 9.58 Å². The minimum Gasteiger partial charge on any atom is -0.322 e. The van der Waals surface area contributed by atoms with Gasteiger partial charge in [-0.25, -0.2) is 8.78 Å². The van der Waals surface area contributed by atoms with E-state index in [0.717, 1.165) is 18.2 Å². The number of rotatable bonds is 3. The molecule has 9 heteroatoms. The van der Waals surface area contributed by atoms with Gasteiger partial charge in [0.15, 0.2) is 0 Å². The van der Waals surface area contributed by atoms with E-state index in [2.05, 4.69) is 10.4 Å². The SMILES string of the molecule is Cn1ncc(-c2ccc3c(c2)CN(C2CCC(=O)NC2=O)C3=O)c1-c1cc(F)ccc1F. The van der Waals surface area contributed by atoms with Crippen LogP contribution in [0.5, 0.6) is 0 Å². The summed E-state index contributed by atoms with van der Waals surface area (Å²) in [4.78, 5) is 38.0. The highest BCUT2D eigenvalue weighted by atomic mass is 19.1. The largest absolute Gasteiger partial charge is 0.322 e. The van der Waals surface area contributed by atoms with E-state index in [1.807, 2.05) is 0 Å². The Kier molecular flexibility index (Phi) is 4.61. The van der Waals surface area contributed by atoms with Gasteiger partial charge in [-0.2, -0.15) is 5.10 Å². The van der Waals surface area contributed by atoms with Crippen LogP contribution >= 0.6 is 0 Å². The number of carbonyl (C=O) groups excluding carboxylic acids is 3. The number of aromatic nitrogens is 2. The lowest BCUT2D eigenvalue weighted by atomic mass is 9.98. The topological polar surface area (TPSA) is 84.3 Å². The summed E-state index contributed by atoms with van der Waals surface area (Å²) in [5, 5.41) is 6.50. The van der Waals surface area contributed by atoms with E-state index in [4.69, 9.17) is 0 Å². The average molecular weight is 436 g/mol. The number of imide groups is 1. The minimum atomic E-state index is -0.702. The number of halogens is 2. The number of nitrogens with one attached hydrogen (secondary N) is 1. The Morgan fingerprint density at radius 1 is 1.03 bits per heavy atom. The van der Waals surface area contributed by atoms with Crippen molar-refractivity contribution in [3.63, 3.8) is 0 Å². The Morgan fingerprint density at radius 2 is 1.84 bits per heavy atom. The van der Waals surface area contributed by atoms with Crippen molar-refractivity contribution in [1.82, 2.24) is 20.0 Å². The number of amides is 3. The first-order chi connectivity index (χ1) is 15.3. The molecule has 32 heavy (non-hydrogen) atoms. The zero-order chi connectivity index (χ0) is 22.6. The first-order valence-corrected chi connectivity index (χ1v) is 10.1. The monoisotopic (exact) mass is 436 g/mol. The predicted octanol–water partition coefficient (Wildman–Crippen LogP) is 2.79. The standard InChI is InChI=1S/C23H18F2N4O3/c1-28-21(16-9-14(24)3-5-18(16)25)17(10-26-28)12-2-4-15-13(8-12)11-29(23(15)32)19-6-7-20(30)27-22(19)31/h2-5,8-10,19H,6-7,11H2,1H3,(H,27,30,31). The van der Waals surface area contributed by atoms with Crippen molar-refractivity contribution >= 4 is 17.7 Å². The first-order valence-electron chi connectivity index (χ1n) is 10.1. The van der Waals surface area contributed by atoms with E-state index < -0.39 is 23.6 Å². The molecule has 0 radical (unpaired) electrons. The van der Waals surface area contributed by atoms with Crippen LogP contribution in [0, 0.1) is 11.6 Å². The maximum atomic E-state index is 14.5. The second-order valence-corrected chi connectivity index (χ2v) is 7.93. The number of fused-ring (bicyclic) bond motifs is 1. The van der Waals surface area contributed by atoms with Gasteiger partial charge in [0.1, 0.15) is 17.7 Å². The van der Waals surface area contributed by atoms with E-state index in [0.29, 0.717) is 27.9 Å². The molecule has 7 nitrogen and oxygen atoms in total. The fourth-order valence-corrected chi connectivity index (χ4v) is 4.39. The van der Waals surface area contributed by atoms with Gasteiger partial charge in [0.2, 0.25) is 11.8 Å². The molecule has 1 unspecified atom stereocenters. The summed E-state index contributed by atoms with van der Waals surface area (Å²) < 4.78 is 29.8. The lowest BCUT2D eigenvalue weighted by molar-refractivity contribution is -0.136. The van der Waals surface area contributed by atoms with Gasteiger partial charge >= 0.3 is 0 Å². The van der Waals surface area contributed by atoms with Crippen molar-refractivity contribution in [1.29, 1.82) is 0 Å². The van der Waals surface area contributed by atoms with Crippen LogP contribution in [0.1, 0.15) is 28.8 Å². The molecule has 3 aromatic rings. The third-order valence-electron chi connectivity index (χ3n) is 5.96. The summed E-state index contributed by atoms with van der Waals surface area (Å²) in [5.74, 6) is -2.22. The van der Waals surface area contributed by atoms with Gasteiger partial charge in [0.05, 0.1) is 11.9 Å². The van der Waals surface area contributed by atoms with Crippen molar-refractivity contribution in [2.24, 2.45) is 7.05 Å². The molecule has 5 rings (SSSR count). The van der Waals surface area contributed by atoms with E-state index in [9.17, 15) is 23.2 Å². The number of hydrogen-bond donors (Lipinski definition) is 1. The molecule has 1 atom stereocenters. The Bertz CT molecular complexity index is 1300. The lowest BCUT2D eigenvalue weighted by Crippen LogP contribution is -2.52. The number of nitrogens with zero attached hydrogens (tertiary/aromatic N) is 3. The van der Waals surface area contributed by atoms with Crippen molar-refractivity contribution in [3.8, 4) is 22.4 Å². The molecule has 162 valence electrons. The van der Waals surface area contributed by atoms with Crippen LogP contribution in [0.4, 0.5) is 8.78 Å². The molecule has 0 saturated carbocycles. The molecule has 3 amide bonds. The molecule has 2 aromatic carbocycles. The van der Waals surface area contributed by atoms with Crippen molar-refractivity contribution in [3.05, 3.63) is 65.4 Å². The molecule has 1 aromatic heterocycles. The molecule has 1 saturated heterocycles. The highest BCUT2D eigenvalue weighted by Gasteiger charge is 2.39. The fourth-order valence-electron chi connectivity index (χ4n) is 4.39. The molecule has 0 bridgehead atoms. The van der Waals surface area contributed by atoms with Crippen molar-refractivity contribution in [2.45, 2.75) is 25.4 Å². The third kappa shape index (κ3) is 3.17. The number of benzene rings is 2. The third-order valence-corrected chi connectivity index (χ3v) is 5.96. The van der Waals surface area contributed by atoms with Crippen LogP contribution in [0.15, 0.2) is 42.6 Å². The maximum Gasteiger partial charge on any atom is 0.255 e. The summed E-state index contributed by atoms with van der Waals surface area (Å²) in [5.41, 5.74) is 2.96. The van der Waals surface area contributed by atoms with Gasteiger partial charge < -0.3 is 4.90 Å². The fraction of sp³-hybridized carbons (Fsp3) is 0.217. The van der Waals surface area contributed by atoms with Gasteiger partial charge in [0.25, 0.3) is 5.91 Å². The normalized spacial score (nSPS) is 18.2. The number of piperidine rings is 1. The molecule has 2 aliphatic rings. The molecule has 0 spiro atoms. The zero-order valence-corrected chi connectivity index (χ0v) is 17.1. The van der Waals surface area contributed by atoms with Crippen LogP contribution < -0.4 is 5.32 Å². The number of aryl methyl sites for hydroxylation is 1. The van der Waals surface area contributed by atoms with Crippen LogP contribution in [-0.2, 0) is 23.2 Å². The van der Waals surface area contributed by atoms with Crippen LogP contribution in [0.25, 0.3) is 22.4 Å². The van der Waals surface area contributed by atoms with Crippen LogP contribution in [-0.4, -0.2) is 38.4 Å². The second-order valence-electron chi connectivity index (χ2n) is 7.93. The van der Waals surface area contributed by atoms with Crippen LogP contribution in [0.3, 0.4) is 0 Å². The van der Waals surface area contributed by atoms with Gasteiger partial charge in [-0.15, -0.1) is 0 Å². The van der Waals surface area contributed by atoms with Crippen molar-refractivity contribution < 1.29 is 23.2 Å². The molecule has 0 aliphatic carbocycles. The summed E-state index contributed by atoms with van der Waals surface area (Å²) in [7, 11) is 1.64. The molecule has 3 heterocycles. The Morgan fingerprint density at radius 3 is 2.62 bits per heavy atom. The Hall–Kier alpha value is -3.88. The second kappa shape index (κ2) is 7.37. The minimum absolute atomic E-state index is 0.0849.